The fourth-order valence-electron chi connectivity index (χ4n) is 4.73. The Hall–Kier alpha value is -2.30. The number of benzene rings is 2. The first kappa shape index (κ1) is 17.8. The van der Waals surface area contributed by atoms with Gasteiger partial charge in [0.1, 0.15) is 0 Å². The van der Waals surface area contributed by atoms with Crippen molar-refractivity contribution < 1.29 is 4.79 Å². The number of fused-ring (bicyclic) bond motifs is 3. The highest BCUT2D eigenvalue weighted by Crippen LogP contribution is 2.33. The van der Waals surface area contributed by atoms with Crippen molar-refractivity contribution in [2.24, 2.45) is 0 Å². The number of piperidine rings is 1. The third-order valence-corrected chi connectivity index (χ3v) is 6.41. The number of nitrogens with zero attached hydrogens (tertiary/aromatic N) is 2. The molecule has 0 bridgehead atoms. The molecular weight excluding hydrogens is 370 g/mol. The number of rotatable bonds is 3. The Morgan fingerprint density at radius 3 is 2.57 bits per heavy atom. The lowest BCUT2D eigenvalue weighted by atomic mass is 9.94. The number of halogens is 1. The first-order valence-corrected chi connectivity index (χ1v) is 10.5. The van der Waals surface area contributed by atoms with Crippen LogP contribution in [0.15, 0.2) is 48.5 Å². The van der Waals surface area contributed by atoms with Crippen LogP contribution in [0, 0.1) is 0 Å². The molecule has 1 fully saturated rings. The topological polar surface area (TPSA) is 39.3 Å². The molecule has 1 unspecified atom stereocenters. The summed E-state index contributed by atoms with van der Waals surface area (Å²) in [7, 11) is 0. The first-order chi connectivity index (χ1) is 13.7. The van der Waals surface area contributed by atoms with Crippen LogP contribution in [-0.4, -0.2) is 40.0 Å². The molecule has 3 heterocycles. The molecule has 144 valence electrons. The van der Waals surface area contributed by atoms with Crippen molar-refractivity contribution in [2.75, 3.05) is 13.1 Å². The summed E-state index contributed by atoms with van der Waals surface area (Å²) >= 11 is 6.45. The molecule has 1 aromatic heterocycles. The highest BCUT2D eigenvalue weighted by atomic mass is 35.5. The van der Waals surface area contributed by atoms with E-state index in [-0.39, 0.29) is 11.9 Å². The van der Waals surface area contributed by atoms with Gasteiger partial charge in [-0.05, 0) is 37.0 Å². The molecular formula is C23H24ClN3O. The van der Waals surface area contributed by atoms with Crippen molar-refractivity contribution in [1.82, 2.24) is 15.0 Å². The van der Waals surface area contributed by atoms with Crippen molar-refractivity contribution in [3.05, 3.63) is 70.4 Å². The van der Waals surface area contributed by atoms with Crippen molar-refractivity contribution in [1.29, 1.82) is 0 Å². The summed E-state index contributed by atoms with van der Waals surface area (Å²) in [4.78, 5) is 17.2. The Kier molecular flexibility index (Phi) is 4.61. The number of amides is 1. The van der Waals surface area contributed by atoms with Crippen LogP contribution in [0.2, 0.25) is 5.02 Å². The third-order valence-electron chi connectivity index (χ3n) is 6.04. The largest absolute Gasteiger partial charge is 0.358 e. The van der Waals surface area contributed by atoms with E-state index >= 15 is 0 Å². The molecule has 2 aromatic carbocycles. The lowest BCUT2D eigenvalue weighted by Crippen LogP contribution is -2.57. The van der Waals surface area contributed by atoms with Gasteiger partial charge >= 0.3 is 0 Å². The number of hydrazine groups is 1. The molecule has 28 heavy (non-hydrogen) atoms. The van der Waals surface area contributed by atoms with Gasteiger partial charge in [0.05, 0.1) is 11.6 Å². The standard InChI is InChI=1S/C23H24ClN3O/c24-19-10-4-2-8-16(19)14-17-15-21-22(18-9-3-5-11-20(18)25-21)23(28)27(17)26-12-6-1-7-13-26/h2-5,8-11,17,25H,1,6-7,12-15H2. The van der Waals surface area contributed by atoms with E-state index in [0.717, 1.165) is 71.5 Å². The van der Waals surface area contributed by atoms with Gasteiger partial charge in [0.2, 0.25) is 0 Å². The number of hydrogen-bond donors (Lipinski definition) is 1. The Balaban J connectivity index is 1.57. The summed E-state index contributed by atoms with van der Waals surface area (Å²) in [6.07, 6.45) is 5.10. The first-order valence-electron chi connectivity index (χ1n) is 10.1. The zero-order valence-electron chi connectivity index (χ0n) is 15.8. The van der Waals surface area contributed by atoms with Gasteiger partial charge in [-0.15, -0.1) is 0 Å². The van der Waals surface area contributed by atoms with E-state index in [9.17, 15) is 4.79 Å². The van der Waals surface area contributed by atoms with Gasteiger partial charge in [-0.3, -0.25) is 9.80 Å². The zero-order chi connectivity index (χ0) is 19.1. The Bertz CT molecular complexity index is 1020. The molecule has 2 aliphatic heterocycles. The van der Waals surface area contributed by atoms with E-state index in [1.54, 1.807) is 0 Å². The molecule has 1 saturated heterocycles. The molecule has 1 amide bonds. The van der Waals surface area contributed by atoms with Gasteiger partial charge in [0, 0.05) is 41.1 Å². The van der Waals surface area contributed by atoms with Gasteiger partial charge in [0.25, 0.3) is 5.91 Å². The predicted octanol–water partition coefficient (Wildman–Crippen LogP) is 4.83. The van der Waals surface area contributed by atoms with Gasteiger partial charge in [-0.25, -0.2) is 5.01 Å². The van der Waals surface area contributed by atoms with Crippen LogP contribution in [0.1, 0.15) is 40.9 Å². The smallest absolute Gasteiger partial charge is 0.270 e. The molecule has 5 rings (SSSR count). The van der Waals surface area contributed by atoms with Crippen LogP contribution < -0.4 is 0 Å². The van der Waals surface area contributed by atoms with Crippen molar-refractivity contribution in [3.63, 3.8) is 0 Å². The van der Waals surface area contributed by atoms with E-state index in [0.29, 0.717) is 0 Å². The van der Waals surface area contributed by atoms with E-state index in [2.05, 4.69) is 22.1 Å². The second-order valence-corrected chi connectivity index (χ2v) is 8.25. The van der Waals surface area contributed by atoms with Gasteiger partial charge < -0.3 is 4.98 Å². The van der Waals surface area contributed by atoms with Crippen LogP contribution in [-0.2, 0) is 12.8 Å². The summed E-state index contributed by atoms with van der Waals surface area (Å²) in [5.74, 6) is 0.123. The highest BCUT2D eigenvalue weighted by molar-refractivity contribution is 6.31. The Morgan fingerprint density at radius 1 is 1.00 bits per heavy atom. The molecule has 4 nitrogen and oxygen atoms in total. The maximum Gasteiger partial charge on any atom is 0.270 e. The summed E-state index contributed by atoms with van der Waals surface area (Å²) in [6.45, 7) is 1.89. The monoisotopic (exact) mass is 393 g/mol. The third kappa shape index (κ3) is 3.01. The normalized spacial score (nSPS) is 20.5. The lowest BCUT2D eigenvalue weighted by molar-refractivity contribution is -0.0503. The summed E-state index contributed by atoms with van der Waals surface area (Å²) in [5, 5.41) is 6.13. The lowest BCUT2D eigenvalue weighted by Gasteiger charge is -2.44. The zero-order valence-corrected chi connectivity index (χ0v) is 16.6. The van der Waals surface area contributed by atoms with E-state index in [1.165, 1.54) is 6.42 Å². The molecule has 0 radical (unpaired) electrons. The number of H-pyrrole nitrogens is 1. The Morgan fingerprint density at radius 2 is 1.75 bits per heavy atom. The molecule has 1 N–H and O–H groups in total. The number of para-hydroxylation sites is 1. The molecule has 3 aromatic rings. The van der Waals surface area contributed by atoms with Crippen LogP contribution in [0.4, 0.5) is 0 Å². The number of carbonyl (C=O) groups is 1. The molecule has 0 spiro atoms. The fraction of sp³-hybridized carbons (Fsp3) is 0.348. The number of aromatic nitrogens is 1. The van der Waals surface area contributed by atoms with Gasteiger partial charge in [0.15, 0.2) is 0 Å². The molecule has 5 heteroatoms. The molecule has 2 aliphatic rings. The SMILES string of the molecule is O=C1c2c([nH]c3ccccc23)CC(Cc2ccccc2Cl)N1N1CCCCC1. The number of hydrogen-bond acceptors (Lipinski definition) is 2. The minimum Gasteiger partial charge on any atom is -0.358 e. The van der Waals surface area contributed by atoms with Crippen molar-refractivity contribution in [3.8, 4) is 0 Å². The minimum absolute atomic E-state index is 0.0751. The van der Waals surface area contributed by atoms with Crippen LogP contribution in [0.25, 0.3) is 10.9 Å². The van der Waals surface area contributed by atoms with Crippen molar-refractivity contribution in [2.45, 2.75) is 38.1 Å². The minimum atomic E-state index is 0.0751. The molecule has 0 saturated carbocycles. The average molecular weight is 394 g/mol. The highest BCUT2D eigenvalue weighted by Gasteiger charge is 2.38. The van der Waals surface area contributed by atoms with Gasteiger partial charge in [-0.2, -0.15) is 0 Å². The average Bonchev–Trinajstić information content (AvgIpc) is 3.09. The van der Waals surface area contributed by atoms with E-state index in [1.807, 2.05) is 41.4 Å². The predicted molar refractivity (Wildman–Crippen MR) is 113 cm³/mol. The second-order valence-electron chi connectivity index (χ2n) is 7.84. The van der Waals surface area contributed by atoms with E-state index in [4.69, 9.17) is 11.6 Å². The van der Waals surface area contributed by atoms with Gasteiger partial charge in [-0.1, -0.05) is 54.4 Å². The summed E-state index contributed by atoms with van der Waals surface area (Å²) in [6, 6.07) is 16.2. The number of carbonyl (C=O) groups excluding carboxylic acids is 1. The quantitative estimate of drug-likeness (QED) is 0.692. The maximum absolute atomic E-state index is 13.7. The van der Waals surface area contributed by atoms with Crippen LogP contribution >= 0.6 is 11.6 Å². The molecule has 0 aliphatic carbocycles. The maximum atomic E-state index is 13.7. The fourth-order valence-corrected chi connectivity index (χ4v) is 4.94. The van der Waals surface area contributed by atoms with E-state index < -0.39 is 0 Å². The van der Waals surface area contributed by atoms with Crippen molar-refractivity contribution >= 4 is 28.4 Å². The molecule has 1 atom stereocenters. The second kappa shape index (κ2) is 7.26. The number of nitrogens with one attached hydrogen (secondary N) is 1. The van der Waals surface area contributed by atoms with Crippen LogP contribution in [0.5, 0.6) is 0 Å². The number of aromatic amines is 1. The Labute approximate surface area is 170 Å². The summed E-state index contributed by atoms with van der Waals surface area (Å²) < 4.78 is 0. The summed E-state index contributed by atoms with van der Waals surface area (Å²) in [5.41, 5.74) is 4.04. The van der Waals surface area contributed by atoms with Crippen LogP contribution in [0.3, 0.4) is 0 Å².